The number of ether oxygens (including phenoxy) is 1. The zero-order chi connectivity index (χ0) is 33.2. The standard InChI is InChI=1S/C41H27NO2.C4H8.V/c1-26-12-10-21-34(42-35-19-5-7-22-37(35)44-38-23-8-6-20-36(38)42)29(26)25-24-28-14-9-13-27(2)39(28)33-18-11-17-31-30-15-3-4-16-32(30)41(43)40(31)33;1-3-4-2;/h3-23H,1-2H3;3-4H,1-2H3;/b;4-3-;. The van der Waals surface area contributed by atoms with E-state index in [2.05, 4.69) is 79.1 Å². The van der Waals surface area contributed by atoms with Gasteiger partial charge in [0.05, 0.1) is 22.6 Å². The fourth-order valence-corrected chi connectivity index (χ4v) is 6.51. The van der Waals surface area contributed by atoms with Crippen molar-refractivity contribution in [2.75, 3.05) is 4.90 Å². The van der Waals surface area contributed by atoms with Crippen LogP contribution in [0.2, 0.25) is 0 Å². The van der Waals surface area contributed by atoms with Crippen molar-refractivity contribution in [2.45, 2.75) is 27.7 Å². The third kappa shape index (κ3) is 6.02. The number of carbonyl (C=O) groups is 1. The van der Waals surface area contributed by atoms with E-state index < -0.39 is 0 Å². The maximum atomic E-state index is 13.7. The number of hydrogen-bond donors (Lipinski definition) is 0. The summed E-state index contributed by atoms with van der Waals surface area (Å²) < 4.78 is 6.27. The van der Waals surface area contributed by atoms with Crippen molar-refractivity contribution in [2.24, 2.45) is 0 Å². The van der Waals surface area contributed by atoms with E-state index in [0.29, 0.717) is 0 Å². The van der Waals surface area contributed by atoms with E-state index in [9.17, 15) is 4.79 Å². The molecular weight excluding hydrogens is 637 g/mol. The largest absolute Gasteiger partial charge is 0.453 e. The van der Waals surface area contributed by atoms with E-state index in [1.54, 1.807) is 0 Å². The first kappa shape index (κ1) is 33.4. The Kier molecular flexibility index (Phi) is 9.74. The second kappa shape index (κ2) is 14.3. The maximum Gasteiger partial charge on any atom is 0.194 e. The molecule has 8 rings (SSSR count). The van der Waals surface area contributed by atoms with E-state index in [0.717, 1.165) is 84.2 Å². The van der Waals surface area contributed by atoms with Gasteiger partial charge in [-0.05, 0) is 91.9 Å². The quantitative estimate of drug-likeness (QED) is 0.135. The molecule has 49 heavy (non-hydrogen) atoms. The number of para-hydroxylation sites is 4. The summed E-state index contributed by atoms with van der Waals surface area (Å²) in [6.07, 6.45) is 4.00. The predicted octanol–water partition coefficient (Wildman–Crippen LogP) is 11.7. The summed E-state index contributed by atoms with van der Waals surface area (Å²) in [6, 6.07) is 42.7. The van der Waals surface area contributed by atoms with Crippen molar-refractivity contribution in [1.82, 2.24) is 0 Å². The molecule has 0 bridgehead atoms. The van der Waals surface area contributed by atoms with E-state index in [1.165, 1.54) is 0 Å². The number of hydrogen-bond acceptors (Lipinski definition) is 3. The monoisotopic (exact) mass is 672 g/mol. The molecule has 6 aromatic rings. The molecule has 0 atom stereocenters. The molecule has 3 nitrogen and oxygen atoms in total. The van der Waals surface area contributed by atoms with Crippen LogP contribution in [0, 0.1) is 25.7 Å². The summed E-state index contributed by atoms with van der Waals surface area (Å²) in [7, 11) is 0. The third-order valence-corrected chi connectivity index (χ3v) is 8.87. The minimum atomic E-state index is 0. The van der Waals surface area contributed by atoms with Gasteiger partial charge in [-0.15, -0.1) is 0 Å². The Bertz CT molecular complexity index is 2260. The zero-order valence-electron chi connectivity index (χ0n) is 28.0. The number of rotatable bonds is 2. The summed E-state index contributed by atoms with van der Waals surface area (Å²) in [5, 5.41) is 0. The van der Waals surface area contributed by atoms with Gasteiger partial charge in [0.1, 0.15) is 0 Å². The van der Waals surface area contributed by atoms with Gasteiger partial charge in [0.2, 0.25) is 0 Å². The summed E-state index contributed by atoms with van der Waals surface area (Å²) >= 11 is 0. The van der Waals surface area contributed by atoms with Crippen LogP contribution in [0.4, 0.5) is 17.1 Å². The molecule has 1 aliphatic heterocycles. The molecule has 4 heteroatoms. The van der Waals surface area contributed by atoms with Gasteiger partial charge in [-0.2, -0.15) is 0 Å². The summed E-state index contributed by atoms with van der Waals surface area (Å²) in [6.45, 7) is 8.19. The molecule has 0 N–H and O–H groups in total. The van der Waals surface area contributed by atoms with Crippen LogP contribution in [0.3, 0.4) is 0 Å². The molecule has 237 valence electrons. The number of carbonyl (C=O) groups excluding carboxylic acids is 1. The number of nitrogens with zero attached hydrogens (tertiary/aromatic N) is 1. The molecule has 0 saturated heterocycles. The van der Waals surface area contributed by atoms with Gasteiger partial charge in [-0.1, -0.05) is 115 Å². The molecular formula is C45H35NO2V. The fourth-order valence-electron chi connectivity index (χ4n) is 6.51. The average Bonchev–Trinajstić information content (AvgIpc) is 3.42. The molecule has 1 heterocycles. The van der Waals surface area contributed by atoms with Crippen LogP contribution in [0.5, 0.6) is 11.5 Å². The van der Waals surface area contributed by atoms with Crippen LogP contribution in [-0.2, 0) is 18.6 Å². The van der Waals surface area contributed by atoms with Crippen molar-refractivity contribution < 1.29 is 28.1 Å². The summed E-state index contributed by atoms with van der Waals surface area (Å²) in [4.78, 5) is 15.9. The van der Waals surface area contributed by atoms with Crippen LogP contribution in [0.1, 0.15) is 52.0 Å². The number of anilines is 3. The minimum absolute atomic E-state index is 0. The molecule has 6 aromatic carbocycles. The maximum absolute atomic E-state index is 13.7. The molecule has 0 unspecified atom stereocenters. The van der Waals surface area contributed by atoms with E-state index in [4.69, 9.17) is 4.74 Å². The van der Waals surface area contributed by atoms with Crippen molar-refractivity contribution in [1.29, 1.82) is 0 Å². The van der Waals surface area contributed by atoms with Crippen molar-refractivity contribution in [3.8, 4) is 45.6 Å². The van der Waals surface area contributed by atoms with Crippen LogP contribution in [0.15, 0.2) is 140 Å². The van der Waals surface area contributed by atoms with Gasteiger partial charge in [-0.25, -0.2) is 0 Å². The Morgan fingerprint density at radius 3 is 1.76 bits per heavy atom. The van der Waals surface area contributed by atoms with Crippen LogP contribution >= 0.6 is 0 Å². The number of ketones is 1. The Morgan fingerprint density at radius 1 is 0.531 bits per heavy atom. The Morgan fingerprint density at radius 2 is 1.06 bits per heavy atom. The molecule has 0 aromatic heterocycles. The second-order valence-corrected chi connectivity index (χ2v) is 11.9. The van der Waals surface area contributed by atoms with Crippen LogP contribution < -0.4 is 9.64 Å². The first-order valence-corrected chi connectivity index (χ1v) is 16.2. The van der Waals surface area contributed by atoms with Gasteiger partial charge >= 0.3 is 0 Å². The molecule has 0 fully saturated rings. The summed E-state index contributed by atoms with van der Waals surface area (Å²) in [5.41, 5.74) is 12.3. The number of fused-ring (bicyclic) bond motifs is 5. The molecule has 1 radical (unpaired) electrons. The minimum Gasteiger partial charge on any atom is -0.453 e. The Balaban J connectivity index is 0.000000792. The third-order valence-electron chi connectivity index (χ3n) is 8.87. The number of aryl methyl sites for hydroxylation is 2. The smallest absolute Gasteiger partial charge is 0.194 e. The van der Waals surface area contributed by atoms with Gasteiger partial charge in [-0.3, -0.25) is 4.79 Å². The summed E-state index contributed by atoms with van der Waals surface area (Å²) in [5.74, 6) is 8.79. The molecule has 1 aliphatic carbocycles. The van der Waals surface area contributed by atoms with Crippen LogP contribution in [0.25, 0.3) is 22.3 Å². The Hall–Kier alpha value is -5.53. The SMILES string of the molecule is C/C=C\C.Cc1cccc(N2c3ccccc3Oc3ccccc32)c1C#Cc1cccc(C)c1-c1cccc2c1C(=O)c1ccccc1-2.[V]. The van der Waals surface area contributed by atoms with E-state index >= 15 is 0 Å². The van der Waals surface area contributed by atoms with Crippen LogP contribution in [-0.4, -0.2) is 5.78 Å². The van der Waals surface area contributed by atoms with Gasteiger partial charge in [0.25, 0.3) is 0 Å². The van der Waals surface area contributed by atoms with E-state index in [-0.39, 0.29) is 24.3 Å². The van der Waals surface area contributed by atoms with Crippen molar-refractivity contribution in [3.63, 3.8) is 0 Å². The van der Waals surface area contributed by atoms with Gasteiger partial charge < -0.3 is 9.64 Å². The van der Waals surface area contributed by atoms with Crippen molar-refractivity contribution in [3.05, 3.63) is 173 Å². The zero-order valence-corrected chi connectivity index (χ0v) is 29.4. The van der Waals surface area contributed by atoms with E-state index in [1.807, 2.05) is 105 Å². The van der Waals surface area contributed by atoms with Gasteiger partial charge in [0.15, 0.2) is 17.3 Å². The van der Waals surface area contributed by atoms with Crippen molar-refractivity contribution >= 4 is 22.8 Å². The normalized spacial score (nSPS) is 11.8. The average molecular weight is 673 g/mol. The predicted molar refractivity (Wildman–Crippen MR) is 198 cm³/mol. The Labute approximate surface area is 300 Å². The fraction of sp³-hybridized carbons (Fsp3) is 0.0889. The topological polar surface area (TPSA) is 29.5 Å². The number of allylic oxidation sites excluding steroid dienone is 2. The molecule has 2 aliphatic rings. The molecule has 0 saturated carbocycles. The first-order valence-electron chi connectivity index (χ1n) is 16.2. The molecule has 0 amide bonds. The first-order chi connectivity index (χ1) is 23.5. The molecule has 0 spiro atoms. The number of benzene rings is 6. The van der Waals surface area contributed by atoms with Gasteiger partial charge in [0, 0.05) is 40.8 Å². The second-order valence-electron chi connectivity index (χ2n) is 11.9.